The van der Waals surface area contributed by atoms with Gasteiger partial charge in [0.05, 0.1) is 10.9 Å². The van der Waals surface area contributed by atoms with Crippen LogP contribution in [0.25, 0.3) is 0 Å². The van der Waals surface area contributed by atoms with Crippen LogP contribution in [0.15, 0.2) is 24.3 Å². The number of carbonyl (C=O) groups excluding carboxylic acids is 1. The number of nitrogens with one attached hydrogen (secondary N) is 1. The lowest BCUT2D eigenvalue weighted by Gasteiger charge is -2.12. The van der Waals surface area contributed by atoms with Crippen molar-refractivity contribution in [2.75, 3.05) is 6.54 Å². The summed E-state index contributed by atoms with van der Waals surface area (Å²) in [7, 11) is 0. The highest BCUT2D eigenvalue weighted by molar-refractivity contribution is 9.10. The van der Waals surface area contributed by atoms with Crippen molar-refractivity contribution in [3.8, 4) is 0 Å². The molecule has 1 aromatic rings. The second-order valence-electron chi connectivity index (χ2n) is 3.43. The fourth-order valence-electron chi connectivity index (χ4n) is 1.14. The van der Waals surface area contributed by atoms with E-state index in [4.69, 9.17) is 0 Å². The lowest BCUT2D eigenvalue weighted by molar-refractivity contribution is -0.120. The molecule has 0 saturated carbocycles. The Morgan fingerprint density at radius 2 is 2.06 bits per heavy atom. The largest absolute Gasteiger partial charge is 0.387 e. The van der Waals surface area contributed by atoms with E-state index in [9.17, 15) is 14.3 Å². The Hall–Kier alpha value is -0.940. The maximum absolute atomic E-state index is 12.6. The minimum Gasteiger partial charge on any atom is -0.387 e. The molecule has 1 amide bonds. The zero-order valence-corrected chi connectivity index (χ0v) is 10.4. The monoisotopic (exact) mass is 289 g/mol. The van der Waals surface area contributed by atoms with Crippen LogP contribution in [0, 0.1) is 5.82 Å². The van der Waals surface area contributed by atoms with Crippen LogP contribution in [-0.4, -0.2) is 22.4 Å². The summed E-state index contributed by atoms with van der Waals surface area (Å²) < 4.78 is 12.6. The molecular formula is C11H13BrFNO2. The molecular weight excluding hydrogens is 277 g/mol. The molecule has 1 rings (SSSR count). The molecule has 0 saturated heterocycles. The molecule has 88 valence electrons. The van der Waals surface area contributed by atoms with Gasteiger partial charge in [0.25, 0.3) is 0 Å². The number of benzene rings is 1. The summed E-state index contributed by atoms with van der Waals surface area (Å²) in [5, 5.41) is 12.3. The Bertz CT molecular complexity index is 354. The molecule has 0 aliphatic rings. The van der Waals surface area contributed by atoms with Crippen molar-refractivity contribution in [3.05, 3.63) is 35.6 Å². The third-order valence-corrected chi connectivity index (χ3v) is 2.50. The number of rotatable bonds is 4. The van der Waals surface area contributed by atoms with E-state index in [0.717, 1.165) is 0 Å². The molecule has 0 aromatic heterocycles. The number of carbonyl (C=O) groups is 1. The first-order chi connectivity index (χ1) is 7.50. The molecule has 3 nitrogen and oxygen atoms in total. The Kier molecular flexibility index (Phi) is 4.89. The van der Waals surface area contributed by atoms with E-state index in [1.165, 1.54) is 24.3 Å². The predicted octanol–water partition coefficient (Wildman–Crippen LogP) is 1.76. The van der Waals surface area contributed by atoms with Crippen molar-refractivity contribution in [3.63, 3.8) is 0 Å². The fourth-order valence-corrected chi connectivity index (χ4v) is 1.30. The van der Waals surface area contributed by atoms with E-state index in [2.05, 4.69) is 21.2 Å². The standard InChI is InChI=1S/C11H13BrFNO2/c1-7(12)11(16)14-6-10(15)8-2-4-9(13)5-3-8/h2-5,7,10,15H,6H2,1H3,(H,14,16)/t7-,10+/m1/s1. The van der Waals surface area contributed by atoms with Gasteiger partial charge in [0, 0.05) is 6.54 Å². The van der Waals surface area contributed by atoms with E-state index >= 15 is 0 Å². The number of hydrogen-bond donors (Lipinski definition) is 2. The van der Waals surface area contributed by atoms with Gasteiger partial charge in [-0.2, -0.15) is 0 Å². The zero-order valence-electron chi connectivity index (χ0n) is 8.78. The van der Waals surface area contributed by atoms with Crippen LogP contribution in [0.5, 0.6) is 0 Å². The van der Waals surface area contributed by atoms with Crippen LogP contribution in [0.4, 0.5) is 4.39 Å². The molecule has 0 heterocycles. The number of aliphatic hydroxyl groups is 1. The summed E-state index contributed by atoms with van der Waals surface area (Å²) in [5.41, 5.74) is 0.573. The Morgan fingerprint density at radius 3 is 2.56 bits per heavy atom. The quantitative estimate of drug-likeness (QED) is 0.830. The Balaban J connectivity index is 2.49. The van der Waals surface area contributed by atoms with Gasteiger partial charge in [-0.15, -0.1) is 0 Å². The minimum absolute atomic E-state index is 0.112. The number of hydrogen-bond acceptors (Lipinski definition) is 2. The second-order valence-corrected chi connectivity index (χ2v) is 4.80. The van der Waals surface area contributed by atoms with Gasteiger partial charge in [0.15, 0.2) is 0 Å². The fraction of sp³-hybridized carbons (Fsp3) is 0.364. The Labute approximate surface area is 102 Å². The van der Waals surface area contributed by atoms with Crippen LogP contribution in [0.2, 0.25) is 0 Å². The molecule has 5 heteroatoms. The summed E-state index contributed by atoms with van der Waals surface area (Å²) in [6.45, 7) is 1.81. The molecule has 0 aliphatic heterocycles. The third-order valence-electron chi connectivity index (χ3n) is 2.09. The number of alkyl halides is 1. The van der Waals surface area contributed by atoms with Gasteiger partial charge >= 0.3 is 0 Å². The highest BCUT2D eigenvalue weighted by Gasteiger charge is 2.12. The van der Waals surface area contributed by atoms with Crippen LogP contribution in [0.1, 0.15) is 18.6 Å². The summed E-state index contributed by atoms with van der Waals surface area (Å²) in [6, 6.07) is 5.52. The van der Waals surface area contributed by atoms with E-state index in [1.54, 1.807) is 6.92 Å². The van der Waals surface area contributed by atoms with Crippen LogP contribution >= 0.6 is 15.9 Å². The van der Waals surface area contributed by atoms with E-state index < -0.39 is 6.10 Å². The molecule has 16 heavy (non-hydrogen) atoms. The highest BCUT2D eigenvalue weighted by Crippen LogP contribution is 2.12. The van der Waals surface area contributed by atoms with Crippen molar-refractivity contribution in [2.24, 2.45) is 0 Å². The maximum atomic E-state index is 12.6. The predicted molar refractivity (Wildman–Crippen MR) is 62.8 cm³/mol. The second kappa shape index (κ2) is 5.96. The maximum Gasteiger partial charge on any atom is 0.233 e. The van der Waals surface area contributed by atoms with Gasteiger partial charge in [0.2, 0.25) is 5.91 Å². The number of amides is 1. The van der Waals surface area contributed by atoms with Crippen LogP contribution < -0.4 is 5.32 Å². The van der Waals surface area contributed by atoms with Crippen molar-refractivity contribution < 1.29 is 14.3 Å². The van der Waals surface area contributed by atoms with E-state index in [0.29, 0.717) is 5.56 Å². The van der Waals surface area contributed by atoms with Gasteiger partial charge in [-0.05, 0) is 24.6 Å². The van der Waals surface area contributed by atoms with Crippen LogP contribution in [-0.2, 0) is 4.79 Å². The normalized spacial score (nSPS) is 14.2. The van der Waals surface area contributed by atoms with Crippen LogP contribution in [0.3, 0.4) is 0 Å². The molecule has 2 atom stereocenters. The summed E-state index contributed by atoms with van der Waals surface area (Å²) in [4.78, 5) is 10.9. The highest BCUT2D eigenvalue weighted by atomic mass is 79.9. The lowest BCUT2D eigenvalue weighted by Crippen LogP contribution is -2.32. The Morgan fingerprint density at radius 1 is 1.50 bits per heavy atom. The molecule has 0 fully saturated rings. The summed E-state index contributed by atoms with van der Waals surface area (Å²) >= 11 is 3.11. The number of aliphatic hydroxyl groups excluding tert-OH is 1. The van der Waals surface area contributed by atoms with Gasteiger partial charge in [-0.1, -0.05) is 28.1 Å². The van der Waals surface area contributed by atoms with Crippen molar-refractivity contribution in [1.29, 1.82) is 0 Å². The average molecular weight is 290 g/mol. The number of halogens is 2. The smallest absolute Gasteiger partial charge is 0.233 e. The molecule has 2 N–H and O–H groups in total. The van der Waals surface area contributed by atoms with Gasteiger partial charge in [-0.25, -0.2) is 4.39 Å². The SMILES string of the molecule is C[C@@H](Br)C(=O)NC[C@H](O)c1ccc(F)cc1. The summed E-state index contributed by atoms with van der Waals surface area (Å²) in [6.07, 6.45) is -0.823. The first kappa shape index (κ1) is 13.1. The molecule has 0 spiro atoms. The molecule has 1 aromatic carbocycles. The van der Waals surface area contributed by atoms with E-state index in [1.807, 2.05) is 0 Å². The first-order valence-corrected chi connectivity index (χ1v) is 5.77. The molecule has 0 radical (unpaired) electrons. The van der Waals surface area contributed by atoms with Crippen molar-refractivity contribution in [1.82, 2.24) is 5.32 Å². The molecule has 0 aliphatic carbocycles. The van der Waals surface area contributed by atoms with Crippen molar-refractivity contribution in [2.45, 2.75) is 17.9 Å². The van der Waals surface area contributed by atoms with Gasteiger partial charge < -0.3 is 10.4 Å². The average Bonchev–Trinajstić information content (AvgIpc) is 2.26. The summed E-state index contributed by atoms with van der Waals surface area (Å²) in [5.74, 6) is -0.546. The lowest BCUT2D eigenvalue weighted by atomic mass is 10.1. The molecule has 0 unspecified atom stereocenters. The first-order valence-electron chi connectivity index (χ1n) is 4.86. The third kappa shape index (κ3) is 3.90. The minimum atomic E-state index is -0.823. The topological polar surface area (TPSA) is 49.3 Å². The molecule has 0 bridgehead atoms. The van der Waals surface area contributed by atoms with Gasteiger partial charge in [-0.3, -0.25) is 4.79 Å². The van der Waals surface area contributed by atoms with Gasteiger partial charge in [0.1, 0.15) is 5.82 Å². The zero-order chi connectivity index (χ0) is 12.1. The van der Waals surface area contributed by atoms with Crippen molar-refractivity contribution >= 4 is 21.8 Å². The van der Waals surface area contributed by atoms with E-state index in [-0.39, 0.29) is 23.1 Å².